The van der Waals surface area contributed by atoms with Crippen LogP contribution in [0.15, 0.2) is 65.6 Å². The number of rotatable bonds is 7. The van der Waals surface area contributed by atoms with Crippen molar-refractivity contribution in [2.45, 2.75) is 13.5 Å². The minimum atomic E-state index is -0.509. The molecule has 4 rings (SSSR count). The van der Waals surface area contributed by atoms with Crippen LogP contribution < -0.4 is 9.47 Å². The van der Waals surface area contributed by atoms with Crippen LogP contribution in [0.1, 0.15) is 28.4 Å². The maximum Gasteiger partial charge on any atom is 0.343 e. The van der Waals surface area contributed by atoms with Crippen LogP contribution in [-0.4, -0.2) is 28.6 Å². The molecular weight excluding hydrogens is 636 g/mol. The SMILES string of the molecule is CCOc1cc(/C=C2\SC(=O)N(Cc3ccc(Cl)c(Cl)c3)C2=O)cc(I)c1OC(=O)c1ccccc1. The van der Waals surface area contributed by atoms with Crippen molar-refractivity contribution in [1.29, 1.82) is 0 Å². The van der Waals surface area contributed by atoms with Gasteiger partial charge in [0.1, 0.15) is 0 Å². The summed E-state index contributed by atoms with van der Waals surface area (Å²) in [6, 6.07) is 17.0. The molecule has 1 heterocycles. The summed E-state index contributed by atoms with van der Waals surface area (Å²) in [5.41, 5.74) is 1.73. The lowest BCUT2D eigenvalue weighted by Gasteiger charge is -2.14. The highest BCUT2D eigenvalue weighted by Gasteiger charge is 2.35. The number of carbonyl (C=O) groups is 3. The highest BCUT2D eigenvalue weighted by Crippen LogP contribution is 2.38. The molecule has 0 radical (unpaired) electrons. The summed E-state index contributed by atoms with van der Waals surface area (Å²) in [4.78, 5) is 39.6. The van der Waals surface area contributed by atoms with Crippen LogP contribution in [0.4, 0.5) is 4.79 Å². The summed E-state index contributed by atoms with van der Waals surface area (Å²) in [5, 5.41) is 0.361. The van der Waals surface area contributed by atoms with Crippen LogP contribution >= 0.6 is 57.6 Å². The first-order chi connectivity index (χ1) is 17.3. The molecule has 0 aromatic heterocycles. The fraction of sp³-hybridized carbons (Fsp3) is 0.115. The summed E-state index contributed by atoms with van der Waals surface area (Å²) in [7, 11) is 0. The van der Waals surface area contributed by atoms with Crippen LogP contribution in [0, 0.1) is 3.57 Å². The lowest BCUT2D eigenvalue weighted by Crippen LogP contribution is -2.27. The molecule has 0 atom stereocenters. The van der Waals surface area contributed by atoms with E-state index in [9.17, 15) is 14.4 Å². The van der Waals surface area contributed by atoms with Gasteiger partial charge in [-0.15, -0.1) is 0 Å². The maximum absolute atomic E-state index is 13.0. The van der Waals surface area contributed by atoms with Crippen molar-refractivity contribution in [3.63, 3.8) is 0 Å². The van der Waals surface area contributed by atoms with E-state index in [1.165, 1.54) is 0 Å². The van der Waals surface area contributed by atoms with Gasteiger partial charge in [-0.1, -0.05) is 47.5 Å². The Morgan fingerprint density at radius 1 is 1.06 bits per heavy atom. The number of imide groups is 1. The first-order valence-electron chi connectivity index (χ1n) is 10.7. The van der Waals surface area contributed by atoms with Gasteiger partial charge in [0.05, 0.1) is 37.2 Å². The second kappa shape index (κ2) is 11.7. The van der Waals surface area contributed by atoms with Crippen molar-refractivity contribution in [2.75, 3.05) is 6.61 Å². The number of esters is 1. The largest absolute Gasteiger partial charge is 0.490 e. The van der Waals surface area contributed by atoms with E-state index < -0.39 is 11.9 Å². The lowest BCUT2D eigenvalue weighted by atomic mass is 10.1. The number of hydrogen-bond acceptors (Lipinski definition) is 6. The fourth-order valence-electron chi connectivity index (χ4n) is 3.37. The quantitative estimate of drug-likeness (QED) is 0.114. The number of amides is 2. The van der Waals surface area contributed by atoms with Gasteiger partial charge in [0.25, 0.3) is 11.1 Å². The van der Waals surface area contributed by atoms with Gasteiger partial charge in [-0.2, -0.15) is 0 Å². The molecule has 184 valence electrons. The van der Waals surface area contributed by atoms with Gasteiger partial charge >= 0.3 is 5.97 Å². The van der Waals surface area contributed by atoms with E-state index in [1.54, 1.807) is 60.7 Å². The van der Waals surface area contributed by atoms with Gasteiger partial charge in [0.15, 0.2) is 11.5 Å². The van der Waals surface area contributed by atoms with E-state index in [2.05, 4.69) is 0 Å². The number of hydrogen-bond donors (Lipinski definition) is 0. The van der Waals surface area contributed by atoms with Gasteiger partial charge in [-0.05, 0) is 94.9 Å². The molecule has 1 aliphatic heterocycles. The third-order valence-electron chi connectivity index (χ3n) is 5.03. The zero-order valence-electron chi connectivity index (χ0n) is 18.8. The van der Waals surface area contributed by atoms with Crippen LogP contribution in [0.3, 0.4) is 0 Å². The van der Waals surface area contributed by atoms with Gasteiger partial charge in [-0.25, -0.2) is 4.79 Å². The molecule has 3 aromatic carbocycles. The molecule has 0 bridgehead atoms. The van der Waals surface area contributed by atoms with Crippen LogP contribution in [-0.2, 0) is 11.3 Å². The predicted molar refractivity (Wildman–Crippen MR) is 150 cm³/mol. The zero-order valence-corrected chi connectivity index (χ0v) is 23.3. The first-order valence-corrected chi connectivity index (χ1v) is 13.3. The van der Waals surface area contributed by atoms with E-state index in [0.29, 0.717) is 42.7 Å². The summed E-state index contributed by atoms with van der Waals surface area (Å²) in [5.74, 6) is -0.277. The minimum Gasteiger partial charge on any atom is -0.490 e. The van der Waals surface area contributed by atoms with Crippen molar-refractivity contribution in [2.24, 2.45) is 0 Å². The Bertz CT molecular complexity index is 1380. The third kappa shape index (κ3) is 6.05. The summed E-state index contributed by atoms with van der Waals surface area (Å²) in [6.07, 6.45) is 1.62. The molecule has 36 heavy (non-hydrogen) atoms. The smallest absolute Gasteiger partial charge is 0.343 e. The summed E-state index contributed by atoms with van der Waals surface area (Å²) >= 11 is 14.9. The Balaban J connectivity index is 1.58. The van der Waals surface area contributed by atoms with Crippen molar-refractivity contribution in [1.82, 2.24) is 4.90 Å². The topological polar surface area (TPSA) is 72.9 Å². The number of halogens is 3. The second-order valence-corrected chi connectivity index (χ2v) is 10.5. The molecule has 10 heteroatoms. The van der Waals surface area contributed by atoms with E-state index in [0.717, 1.165) is 16.7 Å². The maximum atomic E-state index is 13.0. The molecule has 0 N–H and O–H groups in total. The van der Waals surface area contributed by atoms with E-state index in [4.69, 9.17) is 32.7 Å². The Morgan fingerprint density at radius 2 is 1.81 bits per heavy atom. The molecule has 0 saturated carbocycles. The second-order valence-electron chi connectivity index (χ2n) is 7.53. The standard InChI is InChI=1S/C26H18Cl2INO5S/c1-2-34-21-12-16(11-20(29)23(21)35-25(32)17-6-4-3-5-7-17)13-22-24(31)30(26(33)36-22)14-15-8-9-18(27)19(28)10-15/h3-13H,2,14H2,1H3/b22-13-. The summed E-state index contributed by atoms with van der Waals surface area (Å²) in [6.45, 7) is 2.24. The van der Waals surface area contributed by atoms with E-state index in [1.807, 2.05) is 35.6 Å². The number of nitrogens with zero attached hydrogens (tertiary/aromatic N) is 1. The van der Waals surface area contributed by atoms with Crippen LogP contribution in [0.25, 0.3) is 6.08 Å². The Kier molecular flexibility index (Phi) is 8.61. The van der Waals surface area contributed by atoms with E-state index in [-0.39, 0.29) is 22.4 Å². The Labute approximate surface area is 235 Å². The molecule has 0 unspecified atom stereocenters. The highest BCUT2D eigenvalue weighted by molar-refractivity contribution is 14.1. The Morgan fingerprint density at radius 3 is 2.50 bits per heavy atom. The van der Waals surface area contributed by atoms with Gasteiger partial charge in [0, 0.05) is 0 Å². The number of carbonyl (C=O) groups excluding carboxylic acids is 3. The molecule has 3 aromatic rings. The Hall–Kier alpha value is -2.53. The predicted octanol–water partition coefficient (Wildman–Crippen LogP) is 7.45. The first kappa shape index (κ1) is 26.5. The van der Waals surface area contributed by atoms with Crippen LogP contribution in [0.5, 0.6) is 11.5 Å². The number of thioether (sulfide) groups is 1. The van der Waals surface area contributed by atoms with E-state index >= 15 is 0 Å². The normalized spacial score (nSPS) is 14.4. The third-order valence-corrected chi connectivity index (χ3v) is 7.48. The number of ether oxygens (including phenoxy) is 2. The minimum absolute atomic E-state index is 0.0784. The fourth-order valence-corrected chi connectivity index (χ4v) is 5.26. The average molecular weight is 654 g/mol. The van der Waals surface area contributed by atoms with Crippen molar-refractivity contribution < 1.29 is 23.9 Å². The van der Waals surface area contributed by atoms with Crippen molar-refractivity contribution in [3.8, 4) is 11.5 Å². The van der Waals surface area contributed by atoms with Crippen molar-refractivity contribution in [3.05, 3.63) is 95.9 Å². The highest BCUT2D eigenvalue weighted by atomic mass is 127. The molecule has 2 amide bonds. The molecule has 1 aliphatic rings. The van der Waals surface area contributed by atoms with Gasteiger partial charge < -0.3 is 9.47 Å². The lowest BCUT2D eigenvalue weighted by molar-refractivity contribution is -0.123. The molecular formula is C26H18Cl2INO5S. The molecule has 1 fully saturated rings. The zero-order chi connectivity index (χ0) is 25.8. The average Bonchev–Trinajstić information content (AvgIpc) is 3.11. The van der Waals surface area contributed by atoms with Gasteiger partial charge in [0.2, 0.25) is 0 Å². The molecule has 1 saturated heterocycles. The molecule has 0 spiro atoms. The molecule has 0 aliphatic carbocycles. The summed E-state index contributed by atoms with van der Waals surface area (Å²) < 4.78 is 12.0. The van der Waals surface area contributed by atoms with Crippen molar-refractivity contribution >= 4 is 80.7 Å². The molecule has 6 nitrogen and oxygen atoms in total. The van der Waals surface area contributed by atoms with Crippen LogP contribution in [0.2, 0.25) is 10.0 Å². The van der Waals surface area contributed by atoms with Gasteiger partial charge in [-0.3, -0.25) is 14.5 Å². The number of benzene rings is 3. The monoisotopic (exact) mass is 653 g/mol.